The van der Waals surface area contributed by atoms with Gasteiger partial charge in [0, 0.05) is 30.3 Å². The molecule has 2 aliphatic rings. The largest absolute Gasteiger partial charge is 0.485 e. The Morgan fingerprint density at radius 2 is 1.88 bits per heavy atom. The highest BCUT2D eigenvalue weighted by atomic mass is 19.1. The molecule has 0 bridgehead atoms. The minimum Gasteiger partial charge on any atom is -0.485 e. The van der Waals surface area contributed by atoms with Gasteiger partial charge in [-0.3, -0.25) is 9.69 Å². The van der Waals surface area contributed by atoms with E-state index in [1.54, 1.807) is 18.2 Å². The van der Waals surface area contributed by atoms with Crippen molar-refractivity contribution < 1.29 is 28.9 Å². The molecule has 218 valence electrons. The predicted octanol–water partition coefficient (Wildman–Crippen LogP) is 6.48. The average molecular weight is 563 g/mol. The molecule has 1 aromatic heterocycles. The number of benzene rings is 2. The lowest BCUT2D eigenvalue weighted by Crippen LogP contribution is -2.43. The van der Waals surface area contributed by atoms with Crippen molar-refractivity contribution >= 4 is 5.97 Å². The number of aliphatic hydroxyl groups excluding tert-OH is 1. The maximum atomic E-state index is 15.1. The summed E-state index contributed by atoms with van der Waals surface area (Å²) in [6.07, 6.45) is 4.88. The standard InChI is InChI=1S/C33H39FN2O5/c1-19-6-5-7-20(2)36(19)18-25-14-23(10-12-26(25)27-16-31(40-4)35-17-28(27)34)29-13-11-22-8-9-24(15-30(22)41-29)32(37)21(3)33(38)39/h8-10,12,14-17,19-21,29,32,37H,5-7,11,13,18H2,1-4H3,(H,38,39)/t19-,20-,21-,29?,32+/m0/s1. The summed E-state index contributed by atoms with van der Waals surface area (Å²) in [5, 5.41) is 19.9. The summed E-state index contributed by atoms with van der Waals surface area (Å²) in [5.74, 6) is -1.37. The molecule has 41 heavy (non-hydrogen) atoms. The Balaban J connectivity index is 1.49. The van der Waals surface area contributed by atoms with Gasteiger partial charge in [-0.15, -0.1) is 0 Å². The predicted molar refractivity (Wildman–Crippen MR) is 154 cm³/mol. The van der Waals surface area contributed by atoms with Gasteiger partial charge in [-0.05, 0) is 80.3 Å². The van der Waals surface area contributed by atoms with Gasteiger partial charge in [0.2, 0.25) is 5.88 Å². The Morgan fingerprint density at radius 3 is 2.59 bits per heavy atom. The van der Waals surface area contributed by atoms with Crippen LogP contribution in [-0.2, 0) is 17.8 Å². The van der Waals surface area contributed by atoms with E-state index >= 15 is 4.39 Å². The number of carboxylic acid groups (broad SMARTS) is 1. The second kappa shape index (κ2) is 12.2. The molecule has 0 spiro atoms. The van der Waals surface area contributed by atoms with E-state index in [0.717, 1.165) is 47.9 Å². The molecule has 7 nitrogen and oxygen atoms in total. The van der Waals surface area contributed by atoms with Crippen LogP contribution in [0.25, 0.3) is 11.1 Å². The topological polar surface area (TPSA) is 92.1 Å². The fourth-order valence-corrected chi connectivity index (χ4v) is 6.16. The number of aromatic nitrogens is 1. The SMILES string of the molecule is COc1cc(-c2ccc(C3CCc4ccc([C@H](O)[C@H](C)C(=O)O)cc4O3)cc2CN2[C@@H](C)CCC[C@@H]2C)c(F)cn1. The number of hydrogen-bond donors (Lipinski definition) is 2. The molecule has 8 heteroatoms. The molecule has 1 unspecified atom stereocenters. The Morgan fingerprint density at radius 1 is 1.12 bits per heavy atom. The van der Waals surface area contributed by atoms with Gasteiger partial charge in [0.25, 0.3) is 0 Å². The maximum absolute atomic E-state index is 15.1. The number of aliphatic carboxylic acids is 1. The zero-order valence-electron chi connectivity index (χ0n) is 24.1. The third kappa shape index (κ3) is 6.09. The van der Waals surface area contributed by atoms with Crippen molar-refractivity contribution in [1.82, 2.24) is 9.88 Å². The number of halogens is 1. The summed E-state index contributed by atoms with van der Waals surface area (Å²) in [5.41, 5.74) is 4.82. The summed E-state index contributed by atoms with van der Waals surface area (Å²) < 4.78 is 26.9. The molecule has 1 fully saturated rings. The second-order valence-electron chi connectivity index (χ2n) is 11.5. The Kier molecular flexibility index (Phi) is 8.61. The van der Waals surface area contributed by atoms with Crippen molar-refractivity contribution in [3.05, 3.63) is 76.7 Å². The van der Waals surface area contributed by atoms with Gasteiger partial charge < -0.3 is 19.7 Å². The number of methoxy groups -OCH3 is 1. The Hall–Kier alpha value is -3.49. The van der Waals surface area contributed by atoms with E-state index in [2.05, 4.69) is 29.8 Å². The first-order valence-corrected chi connectivity index (χ1v) is 14.4. The molecule has 2 N–H and O–H groups in total. The molecule has 5 rings (SSSR count). The maximum Gasteiger partial charge on any atom is 0.309 e. The summed E-state index contributed by atoms with van der Waals surface area (Å²) in [6, 6.07) is 14.0. The number of aliphatic hydroxyl groups is 1. The zero-order chi connectivity index (χ0) is 29.3. The molecule has 0 saturated carbocycles. The fraction of sp³-hybridized carbons (Fsp3) is 0.455. The highest BCUT2D eigenvalue weighted by Gasteiger charge is 2.29. The van der Waals surface area contributed by atoms with E-state index in [4.69, 9.17) is 9.47 Å². The van der Waals surface area contributed by atoms with Crippen LogP contribution < -0.4 is 9.47 Å². The van der Waals surface area contributed by atoms with Gasteiger partial charge in [0.1, 0.15) is 17.7 Å². The number of hydrogen-bond acceptors (Lipinski definition) is 6. The number of piperidine rings is 1. The van der Waals surface area contributed by atoms with Crippen LogP contribution in [0.3, 0.4) is 0 Å². The van der Waals surface area contributed by atoms with E-state index < -0.39 is 23.8 Å². The van der Waals surface area contributed by atoms with Crippen molar-refractivity contribution in [3.63, 3.8) is 0 Å². The molecule has 1 saturated heterocycles. The zero-order valence-corrected chi connectivity index (χ0v) is 24.1. The molecular weight excluding hydrogens is 523 g/mol. The minimum atomic E-state index is -1.13. The minimum absolute atomic E-state index is 0.229. The average Bonchev–Trinajstić information content (AvgIpc) is 2.98. The van der Waals surface area contributed by atoms with Crippen LogP contribution in [-0.4, -0.2) is 45.3 Å². The van der Waals surface area contributed by atoms with Gasteiger partial charge >= 0.3 is 5.97 Å². The number of ether oxygens (including phenoxy) is 2. The van der Waals surface area contributed by atoms with Gasteiger partial charge in [0.15, 0.2) is 0 Å². The summed E-state index contributed by atoms with van der Waals surface area (Å²) >= 11 is 0. The molecule has 2 aliphatic heterocycles. The van der Waals surface area contributed by atoms with Gasteiger partial charge in [0.05, 0.1) is 25.3 Å². The number of rotatable bonds is 8. The molecule has 2 aromatic carbocycles. The molecule has 0 aliphatic carbocycles. The van der Waals surface area contributed by atoms with Gasteiger partial charge in [-0.25, -0.2) is 9.37 Å². The first-order chi connectivity index (χ1) is 19.7. The smallest absolute Gasteiger partial charge is 0.309 e. The van der Waals surface area contributed by atoms with Crippen LogP contribution in [0.2, 0.25) is 0 Å². The van der Waals surface area contributed by atoms with Crippen LogP contribution in [0.5, 0.6) is 11.6 Å². The molecule has 3 heterocycles. The molecule has 0 radical (unpaired) electrons. The van der Waals surface area contributed by atoms with E-state index in [0.29, 0.717) is 41.4 Å². The monoisotopic (exact) mass is 562 g/mol. The van der Waals surface area contributed by atoms with Crippen LogP contribution in [0, 0.1) is 11.7 Å². The molecule has 0 amide bonds. The lowest BCUT2D eigenvalue weighted by atomic mass is 9.90. The number of fused-ring (bicyclic) bond motifs is 1. The van der Waals surface area contributed by atoms with Crippen LogP contribution in [0.1, 0.15) is 80.9 Å². The normalized spacial score (nSPS) is 22.3. The van der Waals surface area contributed by atoms with Crippen LogP contribution >= 0.6 is 0 Å². The van der Waals surface area contributed by atoms with Gasteiger partial charge in [-0.2, -0.15) is 0 Å². The van der Waals surface area contributed by atoms with E-state index in [9.17, 15) is 15.0 Å². The van der Waals surface area contributed by atoms with Crippen molar-refractivity contribution in [2.24, 2.45) is 5.92 Å². The number of aryl methyl sites for hydroxylation is 1. The molecule has 5 atom stereocenters. The van der Waals surface area contributed by atoms with Crippen LogP contribution in [0.15, 0.2) is 48.7 Å². The number of likely N-dealkylation sites (tertiary alicyclic amines) is 1. The van der Waals surface area contributed by atoms with Gasteiger partial charge in [-0.1, -0.05) is 36.8 Å². The Labute approximate surface area is 240 Å². The number of nitrogens with zero attached hydrogens (tertiary/aromatic N) is 2. The van der Waals surface area contributed by atoms with Crippen molar-refractivity contribution in [2.45, 2.75) is 83.7 Å². The van der Waals surface area contributed by atoms with Crippen LogP contribution in [0.4, 0.5) is 4.39 Å². The first-order valence-electron chi connectivity index (χ1n) is 14.4. The molecular formula is C33H39FN2O5. The van der Waals surface area contributed by atoms with Crippen molar-refractivity contribution in [2.75, 3.05) is 7.11 Å². The fourth-order valence-electron chi connectivity index (χ4n) is 6.16. The number of pyridine rings is 1. The highest BCUT2D eigenvalue weighted by Crippen LogP contribution is 2.40. The molecule has 3 aromatic rings. The first kappa shape index (κ1) is 29.0. The summed E-state index contributed by atoms with van der Waals surface area (Å²) in [7, 11) is 1.52. The van der Waals surface area contributed by atoms with E-state index in [-0.39, 0.29) is 6.10 Å². The lowest BCUT2D eigenvalue weighted by molar-refractivity contribution is -0.145. The number of carbonyl (C=O) groups is 1. The third-order valence-electron chi connectivity index (χ3n) is 8.80. The second-order valence-corrected chi connectivity index (χ2v) is 11.5. The van der Waals surface area contributed by atoms with E-state index in [1.165, 1.54) is 26.7 Å². The lowest BCUT2D eigenvalue weighted by Gasteiger charge is -2.39. The Bertz CT molecular complexity index is 1400. The summed E-state index contributed by atoms with van der Waals surface area (Å²) in [6.45, 7) is 6.69. The number of carboxylic acids is 1. The highest BCUT2D eigenvalue weighted by molar-refractivity contribution is 5.71. The summed E-state index contributed by atoms with van der Waals surface area (Å²) in [4.78, 5) is 17.9. The third-order valence-corrected chi connectivity index (χ3v) is 8.80. The van der Waals surface area contributed by atoms with E-state index in [1.807, 2.05) is 18.2 Å². The quantitative estimate of drug-likeness (QED) is 0.325. The van der Waals surface area contributed by atoms with Crippen molar-refractivity contribution in [1.29, 1.82) is 0 Å². The van der Waals surface area contributed by atoms with Crippen molar-refractivity contribution in [3.8, 4) is 22.8 Å².